The summed E-state index contributed by atoms with van der Waals surface area (Å²) in [5, 5.41) is 10.3. The lowest BCUT2D eigenvalue weighted by atomic mass is 10.2. The molecule has 1 atom stereocenters. The molecule has 0 aliphatic rings. The topological polar surface area (TPSA) is 36.3 Å². The van der Waals surface area contributed by atoms with Gasteiger partial charge in [-0.05, 0) is 32.5 Å². The maximum atomic E-state index is 4.54. The lowest BCUT2D eigenvalue weighted by Gasteiger charge is -2.24. The molecule has 0 spiro atoms. The first-order valence-corrected chi connectivity index (χ1v) is 8.40. The van der Waals surface area contributed by atoms with Crippen molar-refractivity contribution in [3.63, 3.8) is 0 Å². The molecule has 2 aromatic heterocycles. The van der Waals surface area contributed by atoms with Gasteiger partial charge >= 0.3 is 0 Å². The number of nitrogens with zero attached hydrogens (tertiary/aromatic N) is 4. The number of likely N-dealkylation sites (N-methyl/N-ethyl adjacent to an activating group) is 1. The van der Waals surface area contributed by atoms with Crippen LogP contribution in [0.2, 0.25) is 0 Å². The largest absolute Gasteiger partial charge is 0.363 e. The molecule has 0 fully saturated rings. The zero-order chi connectivity index (χ0) is 16.3. The number of nitrogens with one attached hydrogen (secondary N) is 1. The van der Waals surface area contributed by atoms with E-state index in [-0.39, 0.29) is 0 Å². The van der Waals surface area contributed by atoms with Crippen molar-refractivity contribution < 1.29 is 0 Å². The molecular formula is C16H27N5S. The van der Waals surface area contributed by atoms with Crippen LogP contribution in [0, 0.1) is 6.92 Å². The highest BCUT2D eigenvalue weighted by Gasteiger charge is 2.17. The zero-order valence-corrected chi connectivity index (χ0v) is 15.2. The van der Waals surface area contributed by atoms with Gasteiger partial charge < -0.3 is 15.1 Å². The average molecular weight is 321 g/mol. The first-order chi connectivity index (χ1) is 10.4. The monoisotopic (exact) mass is 321 g/mol. The van der Waals surface area contributed by atoms with Crippen molar-refractivity contribution in [2.24, 2.45) is 7.05 Å². The molecule has 122 valence electrons. The summed E-state index contributed by atoms with van der Waals surface area (Å²) in [5.74, 6) is 1.17. The Morgan fingerprint density at radius 2 is 2.05 bits per heavy atom. The van der Waals surface area contributed by atoms with Crippen molar-refractivity contribution in [2.75, 3.05) is 39.6 Å². The standard InChI is InChI=1S/C16H27N5S/c1-12-13(16(20(4)5)21(6)18-12)10-17-11-14(19(2)3)15-8-7-9-22-15/h7-9,14,17H,10-11H2,1-6H3/t14-/m0/s1. The van der Waals surface area contributed by atoms with Crippen LogP contribution in [-0.4, -0.2) is 49.4 Å². The molecule has 0 amide bonds. The summed E-state index contributed by atoms with van der Waals surface area (Å²) in [7, 11) is 10.4. The van der Waals surface area contributed by atoms with Crippen LogP contribution < -0.4 is 10.2 Å². The fraction of sp³-hybridized carbons (Fsp3) is 0.562. The molecular weight excluding hydrogens is 294 g/mol. The van der Waals surface area contributed by atoms with Crippen LogP contribution in [0.5, 0.6) is 0 Å². The SMILES string of the molecule is Cc1nn(C)c(N(C)C)c1CNC[C@@H](c1cccs1)N(C)C. The summed E-state index contributed by atoms with van der Waals surface area (Å²) in [4.78, 5) is 5.79. The van der Waals surface area contributed by atoms with E-state index in [2.05, 4.69) is 72.8 Å². The lowest BCUT2D eigenvalue weighted by Crippen LogP contribution is -2.30. The lowest BCUT2D eigenvalue weighted by molar-refractivity contribution is 0.292. The zero-order valence-electron chi connectivity index (χ0n) is 14.4. The maximum Gasteiger partial charge on any atom is 0.130 e. The first kappa shape index (κ1) is 17.0. The Labute approximate surface area is 137 Å². The fourth-order valence-electron chi connectivity index (χ4n) is 2.81. The maximum absolute atomic E-state index is 4.54. The number of aromatic nitrogens is 2. The van der Waals surface area contributed by atoms with Gasteiger partial charge in [0.15, 0.2) is 0 Å². The molecule has 0 aliphatic heterocycles. The van der Waals surface area contributed by atoms with Gasteiger partial charge in [-0.25, -0.2) is 0 Å². The van der Waals surface area contributed by atoms with Crippen LogP contribution in [0.4, 0.5) is 5.82 Å². The van der Waals surface area contributed by atoms with E-state index in [4.69, 9.17) is 0 Å². The van der Waals surface area contributed by atoms with Crippen LogP contribution in [0.1, 0.15) is 22.2 Å². The summed E-state index contributed by atoms with van der Waals surface area (Å²) in [6.45, 7) is 3.84. The quantitative estimate of drug-likeness (QED) is 0.848. The van der Waals surface area contributed by atoms with Gasteiger partial charge in [-0.15, -0.1) is 11.3 Å². The molecule has 0 aromatic carbocycles. The van der Waals surface area contributed by atoms with Crippen LogP contribution >= 0.6 is 11.3 Å². The Morgan fingerprint density at radius 3 is 2.59 bits per heavy atom. The molecule has 5 nitrogen and oxygen atoms in total. The number of hydrogen-bond donors (Lipinski definition) is 1. The normalized spacial score (nSPS) is 12.9. The summed E-state index contributed by atoms with van der Waals surface area (Å²) < 4.78 is 1.95. The van der Waals surface area contributed by atoms with Gasteiger partial charge in [-0.2, -0.15) is 5.10 Å². The number of anilines is 1. The number of thiophene rings is 1. The molecule has 0 radical (unpaired) electrons. The molecule has 1 N–H and O–H groups in total. The third-order valence-corrected chi connectivity index (χ3v) is 4.84. The van der Waals surface area contributed by atoms with Gasteiger partial charge in [-0.3, -0.25) is 4.68 Å². The minimum Gasteiger partial charge on any atom is -0.363 e. The first-order valence-electron chi connectivity index (χ1n) is 7.52. The van der Waals surface area contributed by atoms with E-state index >= 15 is 0 Å². The Hall–Kier alpha value is -1.37. The van der Waals surface area contributed by atoms with E-state index in [1.165, 1.54) is 16.3 Å². The average Bonchev–Trinajstić information content (AvgIpc) is 3.02. The second-order valence-electron chi connectivity index (χ2n) is 6.03. The van der Waals surface area contributed by atoms with E-state index in [0.717, 1.165) is 18.8 Å². The Balaban J connectivity index is 2.04. The van der Waals surface area contributed by atoms with Crippen molar-refractivity contribution in [1.82, 2.24) is 20.0 Å². The van der Waals surface area contributed by atoms with Crippen LogP contribution in [0.25, 0.3) is 0 Å². The molecule has 6 heteroatoms. The highest BCUT2D eigenvalue weighted by molar-refractivity contribution is 7.10. The van der Waals surface area contributed by atoms with E-state index in [9.17, 15) is 0 Å². The van der Waals surface area contributed by atoms with Crippen LogP contribution in [0.3, 0.4) is 0 Å². The van der Waals surface area contributed by atoms with E-state index in [1.807, 2.05) is 23.1 Å². The molecule has 2 heterocycles. The van der Waals surface area contributed by atoms with Crippen molar-refractivity contribution in [3.8, 4) is 0 Å². The third kappa shape index (κ3) is 3.69. The summed E-state index contributed by atoms with van der Waals surface area (Å²) in [6, 6.07) is 4.73. The highest BCUT2D eigenvalue weighted by atomic mass is 32.1. The van der Waals surface area contributed by atoms with Crippen molar-refractivity contribution in [2.45, 2.75) is 19.5 Å². The van der Waals surface area contributed by atoms with Crippen LogP contribution in [-0.2, 0) is 13.6 Å². The molecule has 0 unspecified atom stereocenters. The smallest absolute Gasteiger partial charge is 0.130 e. The summed E-state index contributed by atoms with van der Waals surface area (Å²) in [6.07, 6.45) is 0. The minimum atomic E-state index is 0.403. The second kappa shape index (κ2) is 7.26. The molecule has 0 aliphatic carbocycles. The molecule has 0 saturated carbocycles. The van der Waals surface area contributed by atoms with Gasteiger partial charge in [0, 0.05) is 44.7 Å². The number of aryl methyl sites for hydroxylation is 2. The fourth-order valence-corrected chi connectivity index (χ4v) is 3.73. The molecule has 0 saturated heterocycles. The van der Waals surface area contributed by atoms with Gasteiger partial charge in [0.2, 0.25) is 0 Å². The predicted molar refractivity (Wildman–Crippen MR) is 94.7 cm³/mol. The molecule has 22 heavy (non-hydrogen) atoms. The molecule has 2 rings (SSSR count). The number of rotatable bonds is 7. The Morgan fingerprint density at radius 1 is 1.32 bits per heavy atom. The molecule has 2 aromatic rings. The van der Waals surface area contributed by atoms with Crippen LogP contribution in [0.15, 0.2) is 17.5 Å². The van der Waals surface area contributed by atoms with Crippen molar-refractivity contribution >= 4 is 17.2 Å². The summed E-state index contributed by atoms with van der Waals surface area (Å²) in [5.41, 5.74) is 2.37. The van der Waals surface area contributed by atoms with E-state index in [1.54, 1.807) is 0 Å². The number of hydrogen-bond acceptors (Lipinski definition) is 5. The van der Waals surface area contributed by atoms with E-state index in [0.29, 0.717) is 6.04 Å². The van der Waals surface area contributed by atoms with Crippen molar-refractivity contribution in [3.05, 3.63) is 33.6 Å². The third-order valence-electron chi connectivity index (χ3n) is 3.87. The Kier molecular flexibility index (Phi) is 5.61. The predicted octanol–water partition coefficient (Wildman–Crippen LogP) is 2.25. The van der Waals surface area contributed by atoms with Gasteiger partial charge in [0.25, 0.3) is 0 Å². The van der Waals surface area contributed by atoms with Crippen molar-refractivity contribution in [1.29, 1.82) is 0 Å². The van der Waals surface area contributed by atoms with Gasteiger partial charge in [0.1, 0.15) is 5.82 Å². The second-order valence-corrected chi connectivity index (χ2v) is 7.01. The van der Waals surface area contributed by atoms with Gasteiger partial charge in [-0.1, -0.05) is 6.07 Å². The summed E-state index contributed by atoms with van der Waals surface area (Å²) >= 11 is 1.81. The highest BCUT2D eigenvalue weighted by Crippen LogP contribution is 2.24. The molecule has 0 bridgehead atoms. The Bertz CT molecular complexity index is 586. The minimum absolute atomic E-state index is 0.403. The van der Waals surface area contributed by atoms with E-state index < -0.39 is 0 Å². The van der Waals surface area contributed by atoms with Gasteiger partial charge in [0.05, 0.1) is 11.7 Å².